The first-order valence-electron chi connectivity index (χ1n) is 6.58. The second kappa shape index (κ2) is 7.26. The number of aliphatic hydroxyl groups excluding tert-OH is 1. The average Bonchev–Trinajstić information content (AvgIpc) is 2.42. The lowest BCUT2D eigenvalue weighted by atomic mass is 9.93. The van der Waals surface area contributed by atoms with E-state index in [-0.39, 0.29) is 0 Å². The van der Waals surface area contributed by atoms with E-state index in [1.807, 2.05) is 0 Å². The van der Waals surface area contributed by atoms with Gasteiger partial charge in [-0.25, -0.2) is 4.79 Å². The Morgan fingerprint density at radius 3 is 2.53 bits per heavy atom. The number of hydrogen-bond donors (Lipinski definition) is 2. The van der Waals surface area contributed by atoms with Gasteiger partial charge < -0.3 is 15.6 Å². The van der Waals surface area contributed by atoms with Crippen molar-refractivity contribution in [2.75, 3.05) is 7.11 Å². The smallest absolute Gasteiger partial charge is 0.338 e. The van der Waals surface area contributed by atoms with Crippen LogP contribution >= 0.6 is 0 Å². The summed E-state index contributed by atoms with van der Waals surface area (Å²) in [7, 11) is 1.33. The van der Waals surface area contributed by atoms with Crippen LogP contribution in [0.4, 0.5) is 0 Å². The lowest BCUT2D eigenvalue weighted by Crippen LogP contribution is -2.28. The van der Waals surface area contributed by atoms with Crippen LogP contribution in [0.3, 0.4) is 0 Å². The topological polar surface area (TPSA) is 72.5 Å². The molecule has 106 valence electrons. The highest BCUT2D eigenvalue weighted by Gasteiger charge is 2.22. The van der Waals surface area contributed by atoms with Crippen molar-refractivity contribution in [3.05, 3.63) is 35.4 Å². The van der Waals surface area contributed by atoms with Crippen molar-refractivity contribution in [2.45, 2.75) is 38.8 Å². The van der Waals surface area contributed by atoms with E-state index in [2.05, 4.69) is 13.8 Å². The third kappa shape index (κ3) is 4.33. The maximum absolute atomic E-state index is 11.7. The molecule has 1 aromatic carbocycles. The van der Waals surface area contributed by atoms with Gasteiger partial charge in [0, 0.05) is 0 Å². The molecule has 0 saturated heterocycles. The maximum Gasteiger partial charge on any atom is 0.338 e. The second-order valence-electron chi connectivity index (χ2n) is 5.14. The van der Waals surface area contributed by atoms with Gasteiger partial charge in [0.05, 0.1) is 24.8 Å². The molecule has 0 spiro atoms. The number of benzene rings is 1. The van der Waals surface area contributed by atoms with E-state index < -0.39 is 18.1 Å². The summed E-state index contributed by atoms with van der Waals surface area (Å²) >= 11 is 0. The summed E-state index contributed by atoms with van der Waals surface area (Å²) in [5.74, 6) is 0.0832. The second-order valence-corrected chi connectivity index (χ2v) is 5.14. The maximum atomic E-state index is 11.7. The van der Waals surface area contributed by atoms with E-state index in [0.717, 1.165) is 6.42 Å². The van der Waals surface area contributed by atoms with Crippen LogP contribution in [0.15, 0.2) is 24.3 Å². The molecule has 0 aromatic heterocycles. The number of hydrogen-bond acceptors (Lipinski definition) is 4. The van der Waals surface area contributed by atoms with Crippen LogP contribution in [-0.2, 0) is 4.74 Å². The number of aliphatic hydroxyl groups is 1. The molecule has 4 heteroatoms. The van der Waals surface area contributed by atoms with Crippen molar-refractivity contribution >= 4 is 5.97 Å². The SMILES string of the molecule is COC(=O)c1ccccc1[C@@H](N)[C@@H](O)CCC(C)C. The molecule has 0 aliphatic rings. The van der Waals surface area contributed by atoms with Crippen LogP contribution in [0.25, 0.3) is 0 Å². The number of carbonyl (C=O) groups is 1. The highest BCUT2D eigenvalue weighted by Crippen LogP contribution is 2.23. The summed E-state index contributed by atoms with van der Waals surface area (Å²) < 4.78 is 4.73. The summed E-state index contributed by atoms with van der Waals surface area (Å²) in [4.78, 5) is 11.7. The highest BCUT2D eigenvalue weighted by atomic mass is 16.5. The van der Waals surface area contributed by atoms with Crippen molar-refractivity contribution in [1.82, 2.24) is 0 Å². The zero-order valence-corrected chi connectivity index (χ0v) is 11.8. The molecule has 0 unspecified atom stereocenters. The predicted octanol–water partition coefficient (Wildman–Crippen LogP) is 2.27. The lowest BCUT2D eigenvalue weighted by molar-refractivity contribution is 0.0596. The summed E-state index contributed by atoms with van der Waals surface area (Å²) in [5, 5.41) is 10.1. The van der Waals surface area contributed by atoms with E-state index in [0.29, 0.717) is 23.5 Å². The summed E-state index contributed by atoms with van der Waals surface area (Å²) in [6, 6.07) is 6.40. The molecule has 1 rings (SSSR count). The van der Waals surface area contributed by atoms with Crippen molar-refractivity contribution in [2.24, 2.45) is 11.7 Å². The van der Waals surface area contributed by atoms with Gasteiger partial charge in [-0.1, -0.05) is 32.0 Å². The normalized spacial score (nSPS) is 14.2. The van der Waals surface area contributed by atoms with Crippen LogP contribution in [-0.4, -0.2) is 24.3 Å². The first-order valence-corrected chi connectivity index (χ1v) is 6.58. The predicted molar refractivity (Wildman–Crippen MR) is 74.8 cm³/mol. The molecular weight excluding hydrogens is 242 g/mol. The van der Waals surface area contributed by atoms with Gasteiger partial charge in [0.2, 0.25) is 0 Å². The molecule has 3 N–H and O–H groups in total. The Kier molecular flexibility index (Phi) is 5.99. The highest BCUT2D eigenvalue weighted by molar-refractivity contribution is 5.91. The van der Waals surface area contributed by atoms with Crippen LogP contribution < -0.4 is 5.73 Å². The summed E-state index contributed by atoms with van der Waals surface area (Å²) in [6.07, 6.45) is 0.858. The fourth-order valence-corrected chi connectivity index (χ4v) is 1.97. The van der Waals surface area contributed by atoms with E-state index in [1.54, 1.807) is 24.3 Å². The summed E-state index contributed by atoms with van der Waals surface area (Å²) in [6.45, 7) is 4.20. The van der Waals surface area contributed by atoms with E-state index in [9.17, 15) is 9.90 Å². The molecule has 1 aromatic rings. The Labute approximate surface area is 114 Å². The molecule has 19 heavy (non-hydrogen) atoms. The first-order chi connectivity index (χ1) is 8.97. The molecule has 0 bridgehead atoms. The molecule has 0 aliphatic heterocycles. The van der Waals surface area contributed by atoms with Crippen molar-refractivity contribution in [1.29, 1.82) is 0 Å². The number of ether oxygens (including phenoxy) is 1. The Morgan fingerprint density at radius 2 is 1.95 bits per heavy atom. The number of carbonyl (C=O) groups excluding carboxylic acids is 1. The molecule has 0 aliphatic carbocycles. The average molecular weight is 265 g/mol. The largest absolute Gasteiger partial charge is 0.465 e. The minimum absolute atomic E-state index is 0.418. The summed E-state index contributed by atoms with van der Waals surface area (Å²) in [5.41, 5.74) is 7.11. The van der Waals surface area contributed by atoms with E-state index in [4.69, 9.17) is 10.5 Å². The van der Waals surface area contributed by atoms with Gasteiger partial charge in [-0.3, -0.25) is 0 Å². The monoisotopic (exact) mass is 265 g/mol. The van der Waals surface area contributed by atoms with Crippen LogP contribution in [0, 0.1) is 5.92 Å². The quantitative estimate of drug-likeness (QED) is 0.774. The Hall–Kier alpha value is -1.39. The Morgan fingerprint density at radius 1 is 1.32 bits per heavy atom. The Balaban J connectivity index is 2.86. The van der Waals surface area contributed by atoms with Crippen LogP contribution in [0.1, 0.15) is 48.7 Å². The molecule has 0 radical (unpaired) electrons. The first kappa shape index (κ1) is 15.7. The molecule has 0 saturated carbocycles. The molecular formula is C15H23NO3. The van der Waals surface area contributed by atoms with Gasteiger partial charge in [0.15, 0.2) is 0 Å². The standard InChI is InChI=1S/C15H23NO3/c1-10(2)8-9-13(17)14(16)11-6-4-5-7-12(11)15(18)19-3/h4-7,10,13-14,17H,8-9,16H2,1-3H3/t13-,14+/m0/s1. The molecule has 0 fully saturated rings. The van der Waals surface area contributed by atoms with Gasteiger partial charge in [-0.2, -0.15) is 0 Å². The molecule has 0 heterocycles. The van der Waals surface area contributed by atoms with Crippen LogP contribution in [0.2, 0.25) is 0 Å². The minimum atomic E-state index is -0.659. The van der Waals surface area contributed by atoms with Crippen molar-refractivity contribution < 1.29 is 14.6 Å². The molecule has 0 amide bonds. The zero-order chi connectivity index (χ0) is 14.4. The van der Waals surface area contributed by atoms with Gasteiger partial charge in [0.25, 0.3) is 0 Å². The number of rotatable bonds is 6. The van der Waals surface area contributed by atoms with Gasteiger partial charge in [-0.15, -0.1) is 0 Å². The number of methoxy groups -OCH3 is 1. The molecule has 2 atom stereocenters. The van der Waals surface area contributed by atoms with Gasteiger partial charge in [0.1, 0.15) is 0 Å². The van der Waals surface area contributed by atoms with Crippen molar-refractivity contribution in [3.63, 3.8) is 0 Å². The van der Waals surface area contributed by atoms with E-state index >= 15 is 0 Å². The fraction of sp³-hybridized carbons (Fsp3) is 0.533. The fourth-order valence-electron chi connectivity index (χ4n) is 1.97. The van der Waals surface area contributed by atoms with Crippen molar-refractivity contribution in [3.8, 4) is 0 Å². The lowest BCUT2D eigenvalue weighted by Gasteiger charge is -2.21. The van der Waals surface area contributed by atoms with Crippen LogP contribution in [0.5, 0.6) is 0 Å². The van der Waals surface area contributed by atoms with Gasteiger partial charge in [-0.05, 0) is 30.4 Å². The van der Waals surface area contributed by atoms with E-state index in [1.165, 1.54) is 7.11 Å². The minimum Gasteiger partial charge on any atom is -0.465 e. The molecule has 4 nitrogen and oxygen atoms in total. The van der Waals surface area contributed by atoms with Gasteiger partial charge >= 0.3 is 5.97 Å². The Bertz CT molecular complexity index is 418. The number of esters is 1. The zero-order valence-electron chi connectivity index (χ0n) is 11.8. The number of nitrogens with two attached hydrogens (primary N) is 1. The third-order valence-electron chi connectivity index (χ3n) is 3.18. The third-order valence-corrected chi connectivity index (χ3v) is 3.18.